The van der Waals surface area contributed by atoms with E-state index in [9.17, 15) is 9.59 Å². The Balaban J connectivity index is 1.67. The van der Waals surface area contributed by atoms with Crippen LogP contribution in [0.4, 0.5) is 5.69 Å². The first-order valence-electron chi connectivity index (χ1n) is 9.44. The van der Waals surface area contributed by atoms with E-state index in [0.29, 0.717) is 42.8 Å². The third-order valence-corrected chi connectivity index (χ3v) is 4.76. The van der Waals surface area contributed by atoms with E-state index in [2.05, 4.69) is 10.3 Å². The summed E-state index contributed by atoms with van der Waals surface area (Å²) >= 11 is 0. The maximum Gasteiger partial charge on any atom is 0.227 e. The van der Waals surface area contributed by atoms with Gasteiger partial charge in [-0.2, -0.15) is 0 Å². The summed E-state index contributed by atoms with van der Waals surface area (Å²) in [5, 5.41) is 2.89. The van der Waals surface area contributed by atoms with Crippen molar-refractivity contribution in [2.75, 3.05) is 32.3 Å². The number of anilines is 1. The molecule has 1 aromatic heterocycles. The fraction of sp³-hybridized carbons (Fsp3) is 0.381. The van der Waals surface area contributed by atoms with Gasteiger partial charge >= 0.3 is 0 Å². The molecule has 0 bridgehead atoms. The maximum absolute atomic E-state index is 12.7. The molecule has 154 valence electrons. The van der Waals surface area contributed by atoms with Crippen LogP contribution in [0.2, 0.25) is 0 Å². The van der Waals surface area contributed by atoms with Crippen LogP contribution in [0, 0.1) is 5.92 Å². The molecule has 1 aliphatic heterocycles. The number of benzene rings is 1. The smallest absolute Gasteiger partial charge is 0.227 e. The van der Waals surface area contributed by atoms with Gasteiger partial charge in [0, 0.05) is 37.3 Å². The minimum atomic E-state index is -0.443. The third kappa shape index (κ3) is 4.59. The van der Waals surface area contributed by atoms with Gasteiger partial charge < -0.3 is 24.4 Å². The first-order valence-corrected chi connectivity index (χ1v) is 9.44. The zero-order valence-electron chi connectivity index (χ0n) is 16.8. The number of pyridine rings is 1. The van der Waals surface area contributed by atoms with Gasteiger partial charge in [-0.3, -0.25) is 9.59 Å². The highest BCUT2D eigenvalue weighted by atomic mass is 16.5. The van der Waals surface area contributed by atoms with Gasteiger partial charge in [0.1, 0.15) is 11.5 Å². The number of hydrogen-bond donors (Lipinski definition) is 1. The predicted molar refractivity (Wildman–Crippen MR) is 107 cm³/mol. The van der Waals surface area contributed by atoms with Crippen LogP contribution in [0.15, 0.2) is 36.5 Å². The average Bonchev–Trinajstić information content (AvgIpc) is 3.14. The van der Waals surface area contributed by atoms with E-state index in [-0.39, 0.29) is 18.2 Å². The molecule has 1 aromatic carbocycles. The van der Waals surface area contributed by atoms with E-state index in [1.165, 1.54) is 7.11 Å². The van der Waals surface area contributed by atoms with Crippen molar-refractivity contribution >= 4 is 17.5 Å². The molecule has 2 amide bonds. The maximum atomic E-state index is 12.7. The van der Waals surface area contributed by atoms with Crippen LogP contribution in [-0.2, 0) is 16.1 Å². The predicted octanol–water partition coefficient (Wildman–Crippen LogP) is 2.17. The molecule has 1 unspecified atom stereocenters. The third-order valence-electron chi connectivity index (χ3n) is 4.76. The molecule has 1 N–H and O–H groups in total. The molecule has 1 aliphatic rings. The second kappa shape index (κ2) is 9.27. The van der Waals surface area contributed by atoms with Crippen molar-refractivity contribution in [3.63, 3.8) is 0 Å². The van der Waals surface area contributed by atoms with Crippen LogP contribution in [-0.4, -0.2) is 44.2 Å². The number of hydrogen-bond acceptors (Lipinski definition) is 6. The lowest BCUT2D eigenvalue weighted by atomic mass is 10.1. The van der Waals surface area contributed by atoms with E-state index in [1.54, 1.807) is 42.5 Å². The van der Waals surface area contributed by atoms with Crippen molar-refractivity contribution in [2.45, 2.75) is 19.9 Å². The van der Waals surface area contributed by atoms with Gasteiger partial charge in [-0.15, -0.1) is 0 Å². The fourth-order valence-corrected chi connectivity index (χ4v) is 3.28. The number of ether oxygens (including phenoxy) is 3. The van der Waals surface area contributed by atoms with Crippen LogP contribution < -0.4 is 24.4 Å². The number of nitrogens with one attached hydrogen (secondary N) is 1. The van der Waals surface area contributed by atoms with E-state index < -0.39 is 5.92 Å². The van der Waals surface area contributed by atoms with Gasteiger partial charge in [-0.05, 0) is 25.1 Å². The normalized spacial score (nSPS) is 15.9. The number of carbonyl (C=O) groups is 2. The molecule has 0 radical (unpaired) electrons. The molecule has 1 saturated heterocycles. The number of amides is 2. The summed E-state index contributed by atoms with van der Waals surface area (Å²) in [6.07, 6.45) is 1.79. The second-order valence-electron chi connectivity index (χ2n) is 6.56. The Morgan fingerprint density at radius 1 is 1.28 bits per heavy atom. The number of nitrogens with zero attached hydrogens (tertiary/aromatic N) is 2. The molecule has 0 aliphatic carbocycles. The molecule has 29 heavy (non-hydrogen) atoms. The first kappa shape index (κ1) is 20.4. The zero-order chi connectivity index (χ0) is 20.8. The van der Waals surface area contributed by atoms with Crippen molar-refractivity contribution in [2.24, 2.45) is 5.92 Å². The summed E-state index contributed by atoms with van der Waals surface area (Å²) in [6, 6.07) is 8.89. The highest BCUT2D eigenvalue weighted by Gasteiger charge is 2.36. The first-order chi connectivity index (χ1) is 14.1. The highest BCUT2D eigenvalue weighted by molar-refractivity contribution is 6.01. The van der Waals surface area contributed by atoms with Gasteiger partial charge in [-0.25, -0.2) is 4.98 Å². The van der Waals surface area contributed by atoms with Crippen molar-refractivity contribution in [3.05, 3.63) is 42.1 Å². The van der Waals surface area contributed by atoms with E-state index in [4.69, 9.17) is 14.2 Å². The highest BCUT2D eigenvalue weighted by Crippen LogP contribution is 2.35. The Kier molecular flexibility index (Phi) is 6.54. The summed E-state index contributed by atoms with van der Waals surface area (Å²) in [6.45, 7) is 2.95. The zero-order valence-corrected chi connectivity index (χ0v) is 16.8. The Bertz CT molecular complexity index is 886. The van der Waals surface area contributed by atoms with Gasteiger partial charge in [0.2, 0.25) is 17.7 Å². The minimum Gasteiger partial charge on any atom is -0.497 e. The van der Waals surface area contributed by atoms with E-state index >= 15 is 0 Å². The molecule has 2 aromatic rings. The summed E-state index contributed by atoms with van der Waals surface area (Å²) in [5.74, 6) is 0.914. The van der Waals surface area contributed by atoms with E-state index in [1.807, 2.05) is 13.0 Å². The Morgan fingerprint density at radius 3 is 2.83 bits per heavy atom. The number of aromatic nitrogens is 1. The van der Waals surface area contributed by atoms with Gasteiger partial charge in [0.05, 0.1) is 32.4 Å². The quantitative estimate of drug-likeness (QED) is 0.732. The van der Waals surface area contributed by atoms with Gasteiger partial charge in [0.25, 0.3) is 0 Å². The standard InChI is InChI=1S/C21H25N3O5/c1-4-29-21-14(6-5-9-22-21)12-23-20(26)15-10-19(25)24(13-15)17-8-7-16(27-2)11-18(17)28-3/h5-9,11,15H,4,10,12-13H2,1-3H3,(H,23,26). The molecule has 2 heterocycles. The molecule has 8 heteroatoms. The molecular weight excluding hydrogens is 374 g/mol. The lowest BCUT2D eigenvalue weighted by Crippen LogP contribution is -2.32. The Morgan fingerprint density at radius 2 is 2.10 bits per heavy atom. The summed E-state index contributed by atoms with van der Waals surface area (Å²) in [5.41, 5.74) is 1.42. The van der Waals surface area contributed by atoms with Crippen LogP contribution >= 0.6 is 0 Å². The van der Waals surface area contributed by atoms with Crippen molar-refractivity contribution in [1.82, 2.24) is 10.3 Å². The van der Waals surface area contributed by atoms with Crippen LogP contribution in [0.25, 0.3) is 0 Å². The lowest BCUT2D eigenvalue weighted by molar-refractivity contribution is -0.126. The number of rotatable bonds is 8. The summed E-state index contributed by atoms with van der Waals surface area (Å²) < 4.78 is 16.1. The van der Waals surface area contributed by atoms with Gasteiger partial charge in [-0.1, -0.05) is 6.07 Å². The van der Waals surface area contributed by atoms with Gasteiger partial charge in [0.15, 0.2) is 0 Å². The topological polar surface area (TPSA) is 90.0 Å². The molecule has 0 spiro atoms. The second-order valence-corrected chi connectivity index (χ2v) is 6.56. The van der Waals surface area contributed by atoms with E-state index in [0.717, 1.165) is 5.56 Å². The SMILES string of the molecule is CCOc1ncccc1CNC(=O)C1CC(=O)N(c2ccc(OC)cc2OC)C1. The number of methoxy groups -OCH3 is 2. The van der Waals surface area contributed by atoms with Crippen molar-refractivity contribution in [1.29, 1.82) is 0 Å². The van der Waals surface area contributed by atoms with Crippen molar-refractivity contribution < 1.29 is 23.8 Å². The fourth-order valence-electron chi connectivity index (χ4n) is 3.28. The van der Waals surface area contributed by atoms with Crippen molar-refractivity contribution in [3.8, 4) is 17.4 Å². The van der Waals surface area contributed by atoms with Crippen LogP contribution in [0.5, 0.6) is 17.4 Å². The summed E-state index contributed by atoms with van der Waals surface area (Å²) in [7, 11) is 3.10. The van der Waals surface area contributed by atoms with Crippen LogP contribution in [0.3, 0.4) is 0 Å². The largest absolute Gasteiger partial charge is 0.497 e. The molecule has 1 atom stereocenters. The summed E-state index contributed by atoms with van der Waals surface area (Å²) in [4.78, 5) is 31.0. The Labute approximate surface area is 169 Å². The average molecular weight is 399 g/mol. The molecule has 0 saturated carbocycles. The monoisotopic (exact) mass is 399 g/mol. The molecule has 3 rings (SSSR count). The van der Waals surface area contributed by atoms with Crippen LogP contribution in [0.1, 0.15) is 18.9 Å². The lowest BCUT2D eigenvalue weighted by Gasteiger charge is -2.20. The molecule has 1 fully saturated rings. The molecular formula is C21H25N3O5. The Hall–Kier alpha value is -3.29. The number of carbonyl (C=O) groups excluding carboxylic acids is 2. The minimum absolute atomic E-state index is 0.120. The molecule has 8 nitrogen and oxygen atoms in total.